The number of nitro benzene ring substituents is 2. The Morgan fingerprint density at radius 2 is 1.57 bits per heavy atom. The molecule has 0 atom stereocenters. The van der Waals surface area contributed by atoms with E-state index in [-0.39, 0.29) is 12.1 Å². The summed E-state index contributed by atoms with van der Waals surface area (Å²) in [5.41, 5.74) is -12.8. The lowest BCUT2D eigenvalue weighted by molar-refractivity contribution is -0.393. The zero-order chi connectivity index (χ0) is 21.4. The molecule has 0 amide bonds. The largest absolute Gasteiger partial charge is 0.446 e. The van der Waals surface area contributed by atoms with Crippen molar-refractivity contribution in [2.24, 2.45) is 0 Å². The molecule has 148 valence electrons. The molecular weight excluding hydrogens is 424 g/mol. The van der Waals surface area contributed by atoms with E-state index in [0.29, 0.717) is 0 Å². The molecule has 0 radical (unpaired) electrons. The quantitative estimate of drug-likeness (QED) is 0.330. The second kappa shape index (κ2) is 6.99. The van der Waals surface area contributed by atoms with Crippen molar-refractivity contribution in [3.63, 3.8) is 0 Å². The minimum atomic E-state index is -5.20. The average Bonchev–Trinajstić information content (AvgIpc) is 2.92. The fourth-order valence-corrected chi connectivity index (χ4v) is 2.78. The van der Waals surface area contributed by atoms with Gasteiger partial charge in [0.1, 0.15) is 6.07 Å². The summed E-state index contributed by atoms with van der Waals surface area (Å²) in [6.45, 7) is 0. The van der Waals surface area contributed by atoms with Gasteiger partial charge in [-0.15, -0.1) is 0 Å². The normalized spacial score (nSPS) is 11.9. The second-order valence-corrected chi connectivity index (χ2v) is 5.91. The van der Waals surface area contributed by atoms with Crippen LogP contribution in [-0.4, -0.2) is 25.6 Å². The van der Waals surface area contributed by atoms with Crippen LogP contribution in [0, 0.1) is 31.6 Å². The summed E-state index contributed by atoms with van der Waals surface area (Å²) in [6, 6.07) is 1.14. The van der Waals surface area contributed by atoms with Crippen LogP contribution in [0.15, 0.2) is 17.0 Å². The van der Waals surface area contributed by atoms with Crippen LogP contribution in [0.1, 0.15) is 11.3 Å². The highest BCUT2D eigenvalue weighted by atomic mass is 32.2. The smallest absolute Gasteiger partial charge is 0.275 e. The van der Waals surface area contributed by atoms with Gasteiger partial charge in [-0.2, -0.15) is 36.7 Å². The summed E-state index contributed by atoms with van der Waals surface area (Å²) in [6.07, 6.45) is -5.20. The van der Waals surface area contributed by atoms with Crippen molar-refractivity contribution >= 4 is 23.1 Å². The summed E-state index contributed by atoms with van der Waals surface area (Å²) in [7, 11) is 0. The molecule has 1 aromatic carbocycles. The molecule has 2 aromatic rings. The van der Waals surface area contributed by atoms with Gasteiger partial charge in [0.25, 0.3) is 11.4 Å². The molecular formula is C12H3F6N5O4S. The number of thioether (sulfide) groups is 1. The third-order valence-corrected chi connectivity index (χ3v) is 3.95. The Morgan fingerprint density at radius 1 is 1.07 bits per heavy atom. The van der Waals surface area contributed by atoms with Gasteiger partial charge >= 0.3 is 11.7 Å². The van der Waals surface area contributed by atoms with Crippen LogP contribution < -0.4 is 0 Å². The standard InChI is InChI=1S/C12H3F6N5O4S/c13-11(14,15)4-1-6(22(24)25)8(7(2-4)23(26)27)9-10(28-12(16,17)18)5(3-19)20-21-9/h1-2H,(H,20,21). The number of nitriles is 1. The van der Waals surface area contributed by atoms with E-state index in [1.54, 1.807) is 0 Å². The molecule has 16 heteroatoms. The maximum Gasteiger partial charge on any atom is 0.446 e. The molecule has 0 aliphatic carbocycles. The van der Waals surface area contributed by atoms with Gasteiger partial charge in [0.15, 0.2) is 11.3 Å². The maximum absolute atomic E-state index is 12.9. The van der Waals surface area contributed by atoms with Crippen LogP contribution in [0.25, 0.3) is 11.3 Å². The van der Waals surface area contributed by atoms with E-state index in [1.807, 2.05) is 5.10 Å². The van der Waals surface area contributed by atoms with Crippen molar-refractivity contribution in [3.8, 4) is 17.3 Å². The van der Waals surface area contributed by atoms with Gasteiger partial charge in [-0.25, -0.2) is 0 Å². The van der Waals surface area contributed by atoms with E-state index in [2.05, 4.69) is 5.10 Å². The molecule has 0 saturated carbocycles. The molecule has 0 fully saturated rings. The lowest BCUT2D eigenvalue weighted by Gasteiger charge is -2.11. The minimum Gasteiger partial charge on any atom is -0.275 e. The fourth-order valence-electron chi connectivity index (χ4n) is 2.11. The van der Waals surface area contributed by atoms with E-state index in [9.17, 15) is 46.6 Å². The Kier molecular flexibility index (Phi) is 5.23. The number of benzene rings is 1. The van der Waals surface area contributed by atoms with Crippen molar-refractivity contribution in [2.75, 3.05) is 0 Å². The Hall–Kier alpha value is -3.35. The monoisotopic (exact) mass is 427 g/mol. The Bertz CT molecular complexity index is 974. The molecule has 1 aromatic heterocycles. The predicted molar refractivity (Wildman–Crippen MR) is 79.0 cm³/mol. The van der Waals surface area contributed by atoms with Gasteiger partial charge in [0, 0.05) is 12.1 Å². The number of aromatic nitrogens is 2. The predicted octanol–water partition coefficient (Wildman–Crippen LogP) is 4.40. The highest BCUT2D eigenvalue weighted by Gasteiger charge is 2.41. The maximum atomic E-state index is 12.9. The summed E-state index contributed by atoms with van der Waals surface area (Å²) < 4.78 is 77.0. The van der Waals surface area contributed by atoms with Gasteiger partial charge < -0.3 is 0 Å². The topological polar surface area (TPSA) is 139 Å². The Balaban J connectivity index is 2.93. The molecule has 0 aliphatic heterocycles. The van der Waals surface area contributed by atoms with E-state index in [0.717, 1.165) is 0 Å². The van der Waals surface area contributed by atoms with Crippen molar-refractivity contribution in [1.29, 1.82) is 5.26 Å². The van der Waals surface area contributed by atoms with Gasteiger partial charge in [-0.1, -0.05) is 0 Å². The first kappa shape index (κ1) is 21.0. The molecule has 9 nitrogen and oxygen atoms in total. The molecule has 1 heterocycles. The number of hydrogen-bond acceptors (Lipinski definition) is 7. The van der Waals surface area contributed by atoms with Crippen LogP contribution >= 0.6 is 11.8 Å². The molecule has 0 aliphatic rings. The van der Waals surface area contributed by atoms with Crippen molar-refractivity contribution in [2.45, 2.75) is 16.6 Å². The van der Waals surface area contributed by atoms with E-state index < -0.39 is 72.1 Å². The van der Waals surface area contributed by atoms with Crippen LogP contribution in [-0.2, 0) is 6.18 Å². The van der Waals surface area contributed by atoms with Gasteiger partial charge in [-0.05, 0) is 11.8 Å². The Labute approximate surface area is 153 Å². The minimum absolute atomic E-state index is 0.0583. The van der Waals surface area contributed by atoms with Crippen LogP contribution in [0.5, 0.6) is 0 Å². The second-order valence-electron chi connectivity index (χ2n) is 4.84. The van der Waals surface area contributed by atoms with Crippen LogP contribution in [0.3, 0.4) is 0 Å². The zero-order valence-corrected chi connectivity index (χ0v) is 13.6. The lowest BCUT2D eigenvalue weighted by atomic mass is 10.0. The number of nitrogens with one attached hydrogen (secondary N) is 1. The van der Waals surface area contributed by atoms with E-state index >= 15 is 0 Å². The molecule has 0 spiro atoms. The SMILES string of the molecule is N#Cc1n[nH]c(-c2c([N+](=O)[O-])cc(C(F)(F)F)cc2[N+](=O)[O-])c1SC(F)(F)F. The average molecular weight is 427 g/mol. The van der Waals surface area contributed by atoms with Gasteiger partial charge in [0.05, 0.1) is 26.0 Å². The lowest BCUT2D eigenvalue weighted by Crippen LogP contribution is -2.09. The third-order valence-electron chi connectivity index (χ3n) is 3.11. The van der Waals surface area contributed by atoms with Gasteiger partial charge in [-0.3, -0.25) is 25.3 Å². The molecule has 1 N–H and O–H groups in total. The molecule has 28 heavy (non-hydrogen) atoms. The van der Waals surface area contributed by atoms with Gasteiger partial charge in [0.2, 0.25) is 0 Å². The summed E-state index contributed by atoms with van der Waals surface area (Å²) in [5.74, 6) is 0. The van der Waals surface area contributed by atoms with Crippen LogP contribution in [0.2, 0.25) is 0 Å². The van der Waals surface area contributed by atoms with Crippen molar-refractivity contribution in [1.82, 2.24) is 10.2 Å². The number of rotatable bonds is 4. The molecule has 2 rings (SSSR count). The first-order valence-corrected chi connectivity index (χ1v) is 7.36. The first-order chi connectivity index (χ1) is 12.8. The van der Waals surface area contributed by atoms with E-state index in [4.69, 9.17) is 5.26 Å². The first-order valence-electron chi connectivity index (χ1n) is 6.55. The number of halogens is 6. The van der Waals surface area contributed by atoms with Crippen molar-refractivity contribution < 1.29 is 36.2 Å². The summed E-state index contributed by atoms with van der Waals surface area (Å²) >= 11 is -0.953. The molecule has 0 unspecified atom stereocenters. The number of hydrogen-bond donors (Lipinski definition) is 1. The summed E-state index contributed by atoms with van der Waals surface area (Å²) in [5, 5.41) is 36.3. The molecule has 0 bridgehead atoms. The summed E-state index contributed by atoms with van der Waals surface area (Å²) in [4.78, 5) is 18.5. The van der Waals surface area contributed by atoms with Crippen molar-refractivity contribution in [3.05, 3.63) is 43.6 Å². The number of H-pyrrole nitrogens is 1. The van der Waals surface area contributed by atoms with E-state index in [1.165, 1.54) is 6.07 Å². The number of nitrogens with zero attached hydrogens (tertiary/aromatic N) is 4. The fraction of sp³-hybridized carbons (Fsp3) is 0.167. The number of aromatic amines is 1. The third kappa shape index (κ3) is 4.14. The highest BCUT2D eigenvalue weighted by molar-refractivity contribution is 8.00. The van der Waals surface area contributed by atoms with Crippen LogP contribution in [0.4, 0.5) is 37.7 Å². The zero-order valence-electron chi connectivity index (χ0n) is 12.8. The number of alkyl halides is 6. The number of nitro groups is 2. The Morgan fingerprint density at radius 3 is 1.93 bits per heavy atom. The highest BCUT2D eigenvalue weighted by Crippen LogP contribution is 2.48. The molecule has 0 saturated heterocycles.